The van der Waals surface area contributed by atoms with Crippen molar-refractivity contribution in [1.29, 1.82) is 0 Å². The number of ether oxygens (including phenoxy) is 1. The Bertz CT molecular complexity index is 821. The highest BCUT2D eigenvalue weighted by molar-refractivity contribution is 7.12. The van der Waals surface area contributed by atoms with Crippen LogP contribution >= 0.6 is 11.3 Å². The van der Waals surface area contributed by atoms with Crippen molar-refractivity contribution in [3.63, 3.8) is 0 Å². The lowest BCUT2D eigenvalue weighted by atomic mass is 10.2. The molecular weight excluding hydrogens is 371 g/mol. The summed E-state index contributed by atoms with van der Waals surface area (Å²) in [6.07, 6.45) is 0.260. The highest BCUT2D eigenvalue weighted by Gasteiger charge is 2.15. The van der Waals surface area contributed by atoms with E-state index in [1.165, 1.54) is 29.5 Å². The molecule has 0 spiro atoms. The molecule has 0 saturated carbocycles. The summed E-state index contributed by atoms with van der Waals surface area (Å²) in [6, 6.07) is 4.08. The second-order valence-electron chi connectivity index (χ2n) is 6.17. The summed E-state index contributed by atoms with van der Waals surface area (Å²) in [5, 5.41) is 5.28. The lowest BCUT2D eigenvalue weighted by Crippen LogP contribution is -2.38. The van der Waals surface area contributed by atoms with E-state index in [-0.39, 0.29) is 23.9 Å². The summed E-state index contributed by atoms with van der Waals surface area (Å²) in [7, 11) is 0. The molecular formula is C18H21FN4O3S. The SMILES string of the molecule is Cc1ncsc1C(=O)Nc1ccc(F)c(NC(=O)CCN2CCOCC2)c1. The Morgan fingerprint density at radius 1 is 1.30 bits per heavy atom. The number of carbonyl (C=O) groups is 2. The van der Waals surface area contributed by atoms with E-state index in [1.807, 2.05) is 0 Å². The minimum Gasteiger partial charge on any atom is -0.379 e. The molecule has 3 rings (SSSR count). The number of nitrogens with one attached hydrogen (secondary N) is 2. The third kappa shape index (κ3) is 5.31. The minimum atomic E-state index is -0.554. The number of aryl methyl sites for hydroxylation is 1. The fourth-order valence-electron chi connectivity index (χ4n) is 2.70. The summed E-state index contributed by atoms with van der Waals surface area (Å²) in [6.45, 7) is 5.25. The number of anilines is 2. The van der Waals surface area contributed by atoms with Gasteiger partial charge in [-0.05, 0) is 25.1 Å². The standard InChI is InChI=1S/C18H21FN4O3S/c1-12-17(27-11-20-12)18(25)21-13-2-3-14(19)15(10-13)22-16(24)4-5-23-6-8-26-9-7-23/h2-3,10-11H,4-9H2,1H3,(H,21,25)(H,22,24). The highest BCUT2D eigenvalue weighted by Crippen LogP contribution is 2.22. The maximum absolute atomic E-state index is 14.0. The zero-order valence-electron chi connectivity index (χ0n) is 15.0. The topological polar surface area (TPSA) is 83.6 Å². The Kier molecular flexibility index (Phi) is 6.49. The first-order valence-corrected chi connectivity index (χ1v) is 9.52. The average Bonchev–Trinajstić information content (AvgIpc) is 3.10. The second-order valence-corrected chi connectivity index (χ2v) is 7.02. The monoisotopic (exact) mass is 392 g/mol. The van der Waals surface area contributed by atoms with Crippen LogP contribution in [0, 0.1) is 12.7 Å². The third-order valence-corrected chi connectivity index (χ3v) is 5.14. The van der Waals surface area contributed by atoms with Crippen LogP contribution in [0.25, 0.3) is 0 Å². The molecule has 2 amide bonds. The van der Waals surface area contributed by atoms with Crippen LogP contribution in [0.2, 0.25) is 0 Å². The first-order valence-electron chi connectivity index (χ1n) is 8.64. The quantitative estimate of drug-likeness (QED) is 0.789. The van der Waals surface area contributed by atoms with E-state index < -0.39 is 5.82 Å². The number of hydrogen-bond acceptors (Lipinski definition) is 6. The first kappa shape index (κ1) is 19.4. The highest BCUT2D eigenvalue weighted by atomic mass is 32.1. The molecule has 2 heterocycles. The van der Waals surface area contributed by atoms with E-state index in [9.17, 15) is 14.0 Å². The fraction of sp³-hybridized carbons (Fsp3) is 0.389. The van der Waals surface area contributed by atoms with Crippen molar-refractivity contribution in [3.8, 4) is 0 Å². The maximum atomic E-state index is 14.0. The van der Waals surface area contributed by atoms with Gasteiger partial charge < -0.3 is 15.4 Å². The number of rotatable bonds is 6. The molecule has 0 atom stereocenters. The lowest BCUT2D eigenvalue weighted by molar-refractivity contribution is -0.116. The summed E-state index contributed by atoms with van der Waals surface area (Å²) >= 11 is 1.23. The van der Waals surface area contributed by atoms with Gasteiger partial charge >= 0.3 is 0 Å². The van der Waals surface area contributed by atoms with Crippen LogP contribution in [0.1, 0.15) is 21.8 Å². The number of hydrogen-bond donors (Lipinski definition) is 2. The summed E-state index contributed by atoms with van der Waals surface area (Å²) < 4.78 is 19.3. The van der Waals surface area contributed by atoms with Gasteiger partial charge in [0.25, 0.3) is 5.91 Å². The predicted molar refractivity (Wildman–Crippen MR) is 102 cm³/mol. The molecule has 1 aromatic carbocycles. The van der Waals surface area contributed by atoms with Crippen LogP contribution in [0.3, 0.4) is 0 Å². The molecule has 1 aromatic heterocycles. The Hall–Kier alpha value is -2.36. The second kappa shape index (κ2) is 9.03. The van der Waals surface area contributed by atoms with Crippen LogP contribution in [0.5, 0.6) is 0 Å². The molecule has 0 radical (unpaired) electrons. The molecule has 1 aliphatic heterocycles. The van der Waals surface area contributed by atoms with E-state index in [0.29, 0.717) is 36.0 Å². The summed E-state index contributed by atoms with van der Waals surface area (Å²) in [4.78, 5) is 31.1. The largest absolute Gasteiger partial charge is 0.379 e. The van der Waals surface area contributed by atoms with Gasteiger partial charge in [0.1, 0.15) is 10.7 Å². The van der Waals surface area contributed by atoms with Gasteiger partial charge in [-0.1, -0.05) is 0 Å². The van der Waals surface area contributed by atoms with Crippen molar-refractivity contribution in [1.82, 2.24) is 9.88 Å². The molecule has 2 N–H and O–H groups in total. The predicted octanol–water partition coefficient (Wildman–Crippen LogP) is 2.50. The van der Waals surface area contributed by atoms with Gasteiger partial charge in [-0.3, -0.25) is 14.5 Å². The number of thiazole rings is 1. The number of carbonyl (C=O) groups excluding carboxylic acids is 2. The van der Waals surface area contributed by atoms with Crippen molar-refractivity contribution in [3.05, 3.63) is 40.1 Å². The van der Waals surface area contributed by atoms with Gasteiger partial charge in [-0.15, -0.1) is 11.3 Å². The van der Waals surface area contributed by atoms with Crippen LogP contribution in [-0.4, -0.2) is 54.5 Å². The molecule has 1 saturated heterocycles. The molecule has 27 heavy (non-hydrogen) atoms. The van der Waals surface area contributed by atoms with E-state index in [1.54, 1.807) is 12.4 Å². The maximum Gasteiger partial charge on any atom is 0.267 e. The van der Waals surface area contributed by atoms with E-state index in [0.717, 1.165) is 13.1 Å². The molecule has 9 heteroatoms. The van der Waals surface area contributed by atoms with Crippen molar-refractivity contribution < 1.29 is 18.7 Å². The third-order valence-electron chi connectivity index (χ3n) is 4.21. The first-order chi connectivity index (χ1) is 13.0. The summed E-state index contributed by atoms with van der Waals surface area (Å²) in [5.74, 6) is -1.14. The molecule has 2 aromatic rings. The lowest BCUT2D eigenvalue weighted by Gasteiger charge is -2.26. The smallest absolute Gasteiger partial charge is 0.267 e. The van der Waals surface area contributed by atoms with E-state index in [4.69, 9.17) is 4.74 Å². The number of amides is 2. The van der Waals surface area contributed by atoms with Gasteiger partial charge in [0.05, 0.1) is 30.1 Å². The number of nitrogens with zero attached hydrogens (tertiary/aromatic N) is 2. The molecule has 0 bridgehead atoms. The number of aromatic nitrogens is 1. The van der Waals surface area contributed by atoms with Gasteiger partial charge in [0.2, 0.25) is 5.91 Å². The Morgan fingerprint density at radius 2 is 2.07 bits per heavy atom. The number of benzene rings is 1. The van der Waals surface area contributed by atoms with Crippen molar-refractivity contribution in [2.75, 3.05) is 43.5 Å². The number of morpholine rings is 1. The molecule has 0 unspecified atom stereocenters. The van der Waals surface area contributed by atoms with Crippen molar-refractivity contribution in [2.24, 2.45) is 0 Å². The summed E-state index contributed by atoms with van der Waals surface area (Å²) in [5.41, 5.74) is 2.67. The van der Waals surface area contributed by atoms with Gasteiger partial charge in [-0.25, -0.2) is 9.37 Å². The molecule has 0 aliphatic carbocycles. The van der Waals surface area contributed by atoms with Crippen molar-refractivity contribution in [2.45, 2.75) is 13.3 Å². The van der Waals surface area contributed by atoms with Crippen LogP contribution < -0.4 is 10.6 Å². The molecule has 1 aliphatic rings. The van der Waals surface area contributed by atoms with Gasteiger partial charge in [0, 0.05) is 31.7 Å². The Balaban J connectivity index is 1.58. The zero-order chi connectivity index (χ0) is 19.2. The zero-order valence-corrected chi connectivity index (χ0v) is 15.8. The Labute approximate surface area is 160 Å². The number of halogens is 1. The molecule has 7 nitrogen and oxygen atoms in total. The normalized spacial score (nSPS) is 14.7. The Morgan fingerprint density at radius 3 is 2.78 bits per heavy atom. The minimum absolute atomic E-state index is 0.0424. The van der Waals surface area contributed by atoms with E-state index in [2.05, 4.69) is 20.5 Å². The fourth-order valence-corrected chi connectivity index (χ4v) is 3.40. The van der Waals surface area contributed by atoms with E-state index >= 15 is 0 Å². The molecule has 144 valence electrons. The van der Waals surface area contributed by atoms with Crippen molar-refractivity contribution >= 4 is 34.5 Å². The average molecular weight is 392 g/mol. The van der Waals surface area contributed by atoms with Gasteiger partial charge in [0.15, 0.2) is 0 Å². The van der Waals surface area contributed by atoms with Crippen LogP contribution in [-0.2, 0) is 9.53 Å². The molecule has 1 fully saturated rings. The van der Waals surface area contributed by atoms with Crippen LogP contribution in [0.4, 0.5) is 15.8 Å². The van der Waals surface area contributed by atoms with Crippen LogP contribution in [0.15, 0.2) is 23.7 Å². The van der Waals surface area contributed by atoms with Gasteiger partial charge in [-0.2, -0.15) is 0 Å².